The monoisotopic (exact) mass is 468 g/mol. The molecule has 0 bridgehead atoms. The minimum absolute atomic E-state index is 0. The van der Waals surface area contributed by atoms with E-state index in [1.807, 2.05) is 0 Å². The van der Waals surface area contributed by atoms with Crippen LogP contribution in [0.1, 0.15) is 44.1 Å². The topological polar surface area (TPSA) is 47.9 Å². The highest BCUT2D eigenvalue weighted by Gasteiger charge is 2.46. The summed E-state index contributed by atoms with van der Waals surface area (Å²) < 4.78 is 0. The third-order valence-corrected chi connectivity index (χ3v) is 5.82. The second-order valence-corrected chi connectivity index (χ2v) is 7.94. The molecule has 0 aromatic heterocycles. The highest BCUT2D eigenvalue weighted by molar-refractivity contribution is 14.0. The maximum Gasteiger partial charge on any atom is 0.243 e. The first-order chi connectivity index (χ1) is 12.1. The Balaban J connectivity index is 0.00000196. The van der Waals surface area contributed by atoms with Crippen LogP contribution in [0.2, 0.25) is 0 Å². The van der Waals surface area contributed by atoms with E-state index >= 15 is 0 Å². The van der Waals surface area contributed by atoms with Crippen molar-refractivity contribution in [1.29, 1.82) is 0 Å². The Morgan fingerprint density at radius 2 is 1.96 bits per heavy atom. The molecule has 0 radical (unpaired) electrons. The SMILES string of the molecule is CN(C)C(=O)CN=C(NC1CC1)N1CC2(CCCC2)c2ccccc21.I. The number of carbonyl (C=O) groups excluding carboxylic acids is 1. The van der Waals surface area contributed by atoms with Crippen LogP contribution in [-0.4, -0.2) is 50.0 Å². The fourth-order valence-electron chi connectivity index (χ4n) is 4.20. The number of para-hydroxylation sites is 1. The van der Waals surface area contributed by atoms with Crippen molar-refractivity contribution in [2.75, 3.05) is 32.1 Å². The summed E-state index contributed by atoms with van der Waals surface area (Å²) in [6.07, 6.45) is 7.53. The van der Waals surface area contributed by atoms with Gasteiger partial charge in [0.2, 0.25) is 5.91 Å². The minimum Gasteiger partial charge on any atom is -0.353 e. The fraction of sp³-hybridized carbons (Fsp3) is 0.600. The number of guanidine groups is 1. The molecule has 3 aliphatic rings. The number of fused-ring (bicyclic) bond motifs is 2. The largest absolute Gasteiger partial charge is 0.353 e. The predicted octanol–water partition coefficient (Wildman–Crippen LogP) is 3.13. The summed E-state index contributed by atoms with van der Waals surface area (Å²) in [6, 6.07) is 9.28. The van der Waals surface area contributed by atoms with Gasteiger partial charge in [-0.25, -0.2) is 4.99 Å². The van der Waals surface area contributed by atoms with Crippen molar-refractivity contribution < 1.29 is 4.79 Å². The van der Waals surface area contributed by atoms with Crippen LogP contribution < -0.4 is 10.2 Å². The van der Waals surface area contributed by atoms with Gasteiger partial charge in [0.15, 0.2) is 5.96 Å². The number of benzene rings is 1. The number of hydrogen-bond acceptors (Lipinski definition) is 2. The molecule has 26 heavy (non-hydrogen) atoms. The second-order valence-electron chi connectivity index (χ2n) is 7.94. The molecule has 1 aromatic rings. The van der Waals surface area contributed by atoms with Gasteiger partial charge in [-0.2, -0.15) is 0 Å². The average molecular weight is 468 g/mol. The molecule has 2 aliphatic carbocycles. The number of aliphatic imine (C=N–C) groups is 1. The zero-order chi connectivity index (χ0) is 17.4. The van der Waals surface area contributed by atoms with Crippen molar-refractivity contribution >= 4 is 41.5 Å². The fourth-order valence-corrected chi connectivity index (χ4v) is 4.20. The van der Waals surface area contributed by atoms with E-state index in [9.17, 15) is 4.79 Å². The van der Waals surface area contributed by atoms with E-state index in [4.69, 9.17) is 4.99 Å². The Hall–Kier alpha value is -1.31. The van der Waals surface area contributed by atoms with Gasteiger partial charge in [0.1, 0.15) is 6.54 Å². The van der Waals surface area contributed by atoms with Gasteiger partial charge in [-0.3, -0.25) is 4.79 Å². The van der Waals surface area contributed by atoms with Gasteiger partial charge >= 0.3 is 0 Å². The molecule has 1 N–H and O–H groups in total. The Bertz CT molecular complexity index is 693. The lowest BCUT2D eigenvalue weighted by atomic mass is 9.81. The molecule has 0 unspecified atom stereocenters. The number of halogens is 1. The zero-order valence-electron chi connectivity index (χ0n) is 15.7. The van der Waals surface area contributed by atoms with Gasteiger partial charge in [-0.15, -0.1) is 24.0 Å². The third-order valence-electron chi connectivity index (χ3n) is 5.82. The number of amides is 1. The quantitative estimate of drug-likeness (QED) is 0.422. The number of carbonyl (C=O) groups is 1. The Kier molecular flexibility index (Phi) is 5.79. The van der Waals surface area contributed by atoms with Crippen molar-refractivity contribution in [3.05, 3.63) is 29.8 Å². The molecule has 1 spiro atoms. The lowest BCUT2D eigenvalue weighted by Crippen LogP contribution is -2.45. The van der Waals surface area contributed by atoms with Crippen LogP contribution >= 0.6 is 24.0 Å². The van der Waals surface area contributed by atoms with Gasteiger partial charge in [-0.1, -0.05) is 31.0 Å². The highest BCUT2D eigenvalue weighted by atomic mass is 127. The number of rotatable bonds is 3. The van der Waals surface area contributed by atoms with Crippen LogP contribution in [0.25, 0.3) is 0 Å². The van der Waals surface area contributed by atoms with Crippen molar-refractivity contribution in [3.8, 4) is 0 Å². The van der Waals surface area contributed by atoms with E-state index in [1.54, 1.807) is 19.0 Å². The first-order valence-corrected chi connectivity index (χ1v) is 9.47. The van der Waals surface area contributed by atoms with Crippen LogP contribution in [0.4, 0.5) is 5.69 Å². The van der Waals surface area contributed by atoms with E-state index in [0.29, 0.717) is 6.04 Å². The summed E-state index contributed by atoms with van der Waals surface area (Å²) in [4.78, 5) is 20.7. The number of nitrogens with zero attached hydrogens (tertiary/aromatic N) is 3. The van der Waals surface area contributed by atoms with Crippen molar-refractivity contribution in [3.63, 3.8) is 0 Å². The molecule has 0 saturated heterocycles. The van der Waals surface area contributed by atoms with Gasteiger partial charge in [-0.05, 0) is 37.3 Å². The summed E-state index contributed by atoms with van der Waals surface area (Å²) in [6.45, 7) is 1.19. The van der Waals surface area contributed by atoms with E-state index in [2.05, 4.69) is 34.5 Å². The smallest absolute Gasteiger partial charge is 0.243 e. The molecule has 6 heteroatoms. The minimum atomic E-state index is 0. The second kappa shape index (κ2) is 7.74. The Labute approximate surface area is 173 Å². The third kappa shape index (κ3) is 3.70. The molecule has 1 aromatic carbocycles. The van der Waals surface area contributed by atoms with Crippen LogP contribution in [0.3, 0.4) is 0 Å². The Morgan fingerprint density at radius 3 is 2.62 bits per heavy atom. The van der Waals surface area contributed by atoms with Crippen molar-refractivity contribution in [2.24, 2.45) is 4.99 Å². The molecule has 2 saturated carbocycles. The summed E-state index contributed by atoms with van der Waals surface area (Å²) in [7, 11) is 3.56. The molecular formula is C20H29IN4O. The van der Waals surface area contributed by atoms with Gasteiger partial charge in [0.05, 0.1) is 0 Å². The molecule has 142 valence electrons. The molecular weight excluding hydrogens is 439 g/mol. The van der Waals surface area contributed by atoms with Crippen LogP contribution in [0.15, 0.2) is 29.3 Å². The summed E-state index contributed by atoms with van der Waals surface area (Å²) >= 11 is 0. The summed E-state index contributed by atoms with van der Waals surface area (Å²) in [5.74, 6) is 0.923. The first kappa shape index (κ1) is 19.5. The molecule has 5 nitrogen and oxygen atoms in total. The van der Waals surface area contributed by atoms with Crippen LogP contribution in [0.5, 0.6) is 0 Å². The molecule has 1 amide bonds. The normalized spacial score (nSPS) is 20.7. The number of nitrogens with one attached hydrogen (secondary N) is 1. The zero-order valence-corrected chi connectivity index (χ0v) is 18.0. The standard InChI is InChI=1S/C20H28N4O.HI/c1-23(2)18(25)13-21-19(22-15-9-10-15)24-14-20(11-5-6-12-20)16-7-3-4-8-17(16)24;/h3-4,7-8,15H,5-6,9-14H2,1-2H3,(H,21,22);1H. The van der Waals surface area contributed by atoms with Crippen LogP contribution in [-0.2, 0) is 10.2 Å². The number of likely N-dealkylation sites (N-methyl/N-ethyl adjacent to an activating group) is 1. The molecule has 1 aliphatic heterocycles. The summed E-state index contributed by atoms with van der Waals surface area (Å²) in [5, 5.41) is 3.58. The Morgan fingerprint density at radius 1 is 1.27 bits per heavy atom. The molecule has 4 rings (SSSR count). The number of anilines is 1. The van der Waals surface area contributed by atoms with Gasteiger partial charge in [0.25, 0.3) is 0 Å². The van der Waals surface area contributed by atoms with Crippen molar-refractivity contribution in [2.45, 2.75) is 50.0 Å². The van der Waals surface area contributed by atoms with Gasteiger partial charge < -0.3 is 15.1 Å². The summed E-state index contributed by atoms with van der Waals surface area (Å²) in [5.41, 5.74) is 3.01. The van der Waals surface area contributed by atoms with Gasteiger partial charge in [0, 0.05) is 37.8 Å². The molecule has 1 heterocycles. The average Bonchev–Trinajstić information content (AvgIpc) is 3.21. The van der Waals surface area contributed by atoms with Crippen LogP contribution in [0, 0.1) is 0 Å². The van der Waals surface area contributed by atoms with E-state index in [1.165, 1.54) is 49.8 Å². The highest BCUT2D eigenvalue weighted by Crippen LogP contribution is 2.50. The van der Waals surface area contributed by atoms with E-state index < -0.39 is 0 Å². The number of hydrogen-bond donors (Lipinski definition) is 1. The predicted molar refractivity (Wildman–Crippen MR) is 117 cm³/mol. The lowest BCUT2D eigenvalue weighted by molar-refractivity contribution is -0.127. The first-order valence-electron chi connectivity index (χ1n) is 9.47. The van der Waals surface area contributed by atoms with E-state index in [0.717, 1.165) is 12.5 Å². The maximum absolute atomic E-state index is 12.0. The maximum atomic E-state index is 12.0. The van der Waals surface area contributed by atoms with E-state index in [-0.39, 0.29) is 41.8 Å². The molecule has 2 fully saturated rings. The molecule has 0 atom stereocenters. The lowest BCUT2D eigenvalue weighted by Gasteiger charge is -2.27. The van der Waals surface area contributed by atoms with Crippen molar-refractivity contribution in [1.82, 2.24) is 10.2 Å².